The molecule has 5 nitrogen and oxygen atoms in total. The van der Waals surface area contributed by atoms with Crippen LogP contribution < -0.4 is 10.1 Å². The van der Waals surface area contributed by atoms with Gasteiger partial charge in [-0.3, -0.25) is 4.79 Å². The SMILES string of the molecule is O=C(NCCCCCc1nc2ccccc2n1CCCCOc1ccccc1Cl)C1CC1. The van der Waals surface area contributed by atoms with Crippen LogP contribution in [0, 0.1) is 5.92 Å². The van der Waals surface area contributed by atoms with Gasteiger partial charge in [0.15, 0.2) is 0 Å². The number of nitrogens with one attached hydrogen (secondary N) is 1. The van der Waals surface area contributed by atoms with Crippen LogP contribution in [0.1, 0.15) is 50.8 Å². The van der Waals surface area contributed by atoms with Crippen molar-refractivity contribution in [3.05, 3.63) is 59.4 Å². The van der Waals surface area contributed by atoms with Crippen LogP contribution in [0.4, 0.5) is 0 Å². The zero-order valence-electron chi connectivity index (χ0n) is 18.6. The van der Waals surface area contributed by atoms with Crippen molar-refractivity contribution in [3.8, 4) is 5.75 Å². The highest BCUT2D eigenvalue weighted by atomic mass is 35.5. The summed E-state index contributed by atoms with van der Waals surface area (Å²) in [6, 6.07) is 16.0. The summed E-state index contributed by atoms with van der Waals surface area (Å²) in [5.74, 6) is 2.44. The fourth-order valence-corrected chi connectivity index (χ4v) is 4.16. The van der Waals surface area contributed by atoms with Crippen molar-refractivity contribution in [2.45, 2.75) is 57.9 Å². The standard InChI is InChI=1S/C26H32ClN3O2/c27-21-10-3-6-13-24(21)32-19-9-8-18-30-23-12-5-4-11-22(23)29-25(30)14-2-1-7-17-28-26(31)20-15-16-20/h3-6,10-13,20H,1-2,7-9,14-19H2,(H,28,31). The molecular weight excluding hydrogens is 422 g/mol. The number of unbranched alkanes of at least 4 members (excludes halogenated alkanes) is 3. The van der Waals surface area contributed by atoms with E-state index in [-0.39, 0.29) is 5.91 Å². The minimum atomic E-state index is 0.241. The molecule has 0 radical (unpaired) electrons. The first-order chi connectivity index (χ1) is 15.7. The van der Waals surface area contributed by atoms with Gasteiger partial charge in [0.1, 0.15) is 11.6 Å². The average molecular weight is 454 g/mol. The fourth-order valence-electron chi connectivity index (χ4n) is 3.97. The third-order valence-electron chi connectivity index (χ3n) is 5.93. The number of carbonyl (C=O) groups is 1. The van der Waals surface area contributed by atoms with Crippen molar-refractivity contribution in [2.75, 3.05) is 13.2 Å². The first-order valence-electron chi connectivity index (χ1n) is 11.8. The lowest BCUT2D eigenvalue weighted by Crippen LogP contribution is -2.25. The highest BCUT2D eigenvalue weighted by Crippen LogP contribution is 2.28. The second kappa shape index (κ2) is 11.4. The molecule has 4 rings (SSSR count). The topological polar surface area (TPSA) is 56.2 Å². The van der Waals surface area contributed by atoms with E-state index in [2.05, 4.69) is 28.1 Å². The Kier molecular flexibility index (Phi) is 8.05. The minimum Gasteiger partial charge on any atom is -0.492 e. The van der Waals surface area contributed by atoms with Crippen molar-refractivity contribution in [1.29, 1.82) is 0 Å². The van der Waals surface area contributed by atoms with E-state index < -0.39 is 0 Å². The third kappa shape index (κ3) is 6.26. The van der Waals surface area contributed by atoms with Crippen LogP contribution in [0.25, 0.3) is 11.0 Å². The number of aryl methyl sites for hydroxylation is 2. The Morgan fingerprint density at radius 2 is 1.84 bits per heavy atom. The van der Waals surface area contributed by atoms with Crippen LogP contribution in [0.15, 0.2) is 48.5 Å². The summed E-state index contributed by atoms with van der Waals surface area (Å²) in [6.45, 7) is 2.37. The number of nitrogens with zero attached hydrogens (tertiary/aromatic N) is 2. The maximum atomic E-state index is 11.7. The van der Waals surface area contributed by atoms with Crippen LogP contribution in [0.3, 0.4) is 0 Å². The first kappa shape index (κ1) is 22.7. The summed E-state index contributed by atoms with van der Waals surface area (Å²) >= 11 is 6.16. The molecular formula is C26H32ClN3O2. The number of aromatic nitrogens is 2. The number of benzene rings is 2. The smallest absolute Gasteiger partial charge is 0.223 e. The lowest BCUT2D eigenvalue weighted by atomic mass is 10.2. The Balaban J connectivity index is 1.23. The van der Waals surface area contributed by atoms with E-state index in [0.29, 0.717) is 17.5 Å². The molecule has 1 amide bonds. The molecule has 3 aromatic rings. The molecule has 1 fully saturated rings. The van der Waals surface area contributed by atoms with Crippen LogP contribution in [0.2, 0.25) is 5.02 Å². The molecule has 0 aliphatic heterocycles. The van der Waals surface area contributed by atoms with E-state index in [9.17, 15) is 4.79 Å². The molecule has 1 saturated carbocycles. The molecule has 0 spiro atoms. The van der Waals surface area contributed by atoms with Gasteiger partial charge in [-0.1, -0.05) is 42.3 Å². The molecule has 1 N–H and O–H groups in total. The quantitative estimate of drug-likeness (QED) is 0.333. The Morgan fingerprint density at radius 1 is 1.03 bits per heavy atom. The van der Waals surface area contributed by atoms with Gasteiger partial charge >= 0.3 is 0 Å². The van der Waals surface area contributed by atoms with Gasteiger partial charge in [-0.15, -0.1) is 0 Å². The van der Waals surface area contributed by atoms with E-state index in [0.717, 1.165) is 81.5 Å². The second-order valence-electron chi connectivity index (χ2n) is 8.53. The van der Waals surface area contributed by atoms with Crippen LogP contribution in [0.5, 0.6) is 5.75 Å². The first-order valence-corrected chi connectivity index (χ1v) is 12.2. The van der Waals surface area contributed by atoms with Gasteiger partial charge in [-0.25, -0.2) is 4.98 Å². The highest BCUT2D eigenvalue weighted by Gasteiger charge is 2.28. The number of carbonyl (C=O) groups excluding carboxylic acids is 1. The van der Waals surface area contributed by atoms with Gasteiger partial charge in [0.05, 0.1) is 22.7 Å². The number of imidazole rings is 1. The average Bonchev–Trinajstić information content (AvgIpc) is 3.60. The number of fused-ring (bicyclic) bond motifs is 1. The number of hydrogen-bond donors (Lipinski definition) is 1. The molecule has 0 saturated heterocycles. The molecule has 1 aromatic heterocycles. The van der Waals surface area contributed by atoms with Crippen LogP contribution >= 0.6 is 11.6 Å². The van der Waals surface area contributed by atoms with Gasteiger partial charge in [0.2, 0.25) is 5.91 Å². The van der Waals surface area contributed by atoms with Gasteiger partial charge in [0.25, 0.3) is 0 Å². The van der Waals surface area contributed by atoms with Crippen LogP contribution in [-0.4, -0.2) is 28.6 Å². The van der Waals surface area contributed by atoms with Crippen LogP contribution in [-0.2, 0) is 17.8 Å². The van der Waals surface area contributed by atoms with E-state index in [1.165, 1.54) is 5.52 Å². The second-order valence-corrected chi connectivity index (χ2v) is 8.94. The highest BCUT2D eigenvalue weighted by molar-refractivity contribution is 6.32. The van der Waals surface area contributed by atoms with Crippen molar-refractivity contribution in [2.24, 2.45) is 5.92 Å². The molecule has 1 aliphatic carbocycles. The molecule has 0 atom stereocenters. The molecule has 0 bridgehead atoms. The maximum Gasteiger partial charge on any atom is 0.223 e. The summed E-state index contributed by atoms with van der Waals surface area (Å²) in [5.41, 5.74) is 2.26. The predicted octanol–water partition coefficient (Wildman–Crippen LogP) is 5.79. The summed E-state index contributed by atoms with van der Waals surface area (Å²) in [5, 5.41) is 3.71. The van der Waals surface area contributed by atoms with Crippen molar-refractivity contribution < 1.29 is 9.53 Å². The summed E-state index contributed by atoms with van der Waals surface area (Å²) in [4.78, 5) is 16.6. The van der Waals surface area contributed by atoms with Gasteiger partial charge < -0.3 is 14.6 Å². The van der Waals surface area contributed by atoms with E-state index >= 15 is 0 Å². The summed E-state index contributed by atoms with van der Waals surface area (Å²) in [6.07, 6.45) is 8.27. The third-order valence-corrected chi connectivity index (χ3v) is 6.24. The molecule has 170 valence electrons. The lowest BCUT2D eigenvalue weighted by molar-refractivity contribution is -0.122. The number of hydrogen-bond acceptors (Lipinski definition) is 3. The Morgan fingerprint density at radius 3 is 2.69 bits per heavy atom. The zero-order valence-corrected chi connectivity index (χ0v) is 19.3. The molecule has 6 heteroatoms. The monoisotopic (exact) mass is 453 g/mol. The molecule has 0 unspecified atom stereocenters. The maximum absolute atomic E-state index is 11.7. The van der Waals surface area contributed by atoms with E-state index in [4.69, 9.17) is 21.3 Å². The van der Waals surface area contributed by atoms with Crippen molar-refractivity contribution in [1.82, 2.24) is 14.9 Å². The molecule has 32 heavy (non-hydrogen) atoms. The van der Waals surface area contributed by atoms with Crippen molar-refractivity contribution >= 4 is 28.5 Å². The lowest BCUT2D eigenvalue weighted by Gasteiger charge is -2.11. The van der Waals surface area contributed by atoms with Gasteiger partial charge in [-0.05, 0) is 62.8 Å². The molecule has 1 aliphatic rings. The normalized spacial score (nSPS) is 13.4. The largest absolute Gasteiger partial charge is 0.492 e. The predicted molar refractivity (Wildman–Crippen MR) is 129 cm³/mol. The number of halogens is 1. The zero-order chi connectivity index (χ0) is 22.2. The number of para-hydroxylation sites is 3. The molecule has 1 heterocycles. The Bertz CT molecular complexity index is 1030. The van der Waals surface area contributed by atoms with Gasteiger partial charge in [0, 0.05) is 25.4 Å². The van der Waals surface area contributed by atoms with Crippen molar-refractivity contribution in [3.63, 3.8) is 0 Å². The summed E-state index contributed by atoms with van der Waals surface area (Å²) in [7, 11) is 0. The fraction of sp³-hybridized carbons (Fsp3) is 0.462. The minimum absolute atomic E-state index is 0.241. The summed E-state index contributed by atoms with van der Waals surface area (Å²) < 4.78 is 8.19. The van der Waals surface area contributed by atoms with E-state index in [1.54, 1.807) is 0 Å². The van der Waals surface area contributed by atoms with E-state index in [1.807, 2.05) is 30.3 Å². The molecule has 2 aromatic carbocycles. The number of amides is 1. The Labute approximate surface area is 195 Å². The number of ether oxygens (including phenoxy) is 1. The Hall–Kier alpha value is -2.53. The van der Waals surface area contributed by atoms with Gasteiger partial charge in [-0.2, -0.15) is 0 Å². The number of rotatable bonds is 13.